The van der Waals surface area contributed by atoms with Gasteiger partial charge in [0, 0.05) is 11.6 Å². The van der Waals surface area contributed by atoms with E-state index in [0.717, 1.165) is 13.8 Å². The number of nitrogens with one attached hydrogen (secondary N) is 1. The molecule has 0 aliphatic heterocycles. The van der Waals surface area contributed by atoms with Crippen LogP contribution in [0.5, 0.6) is 0 Å². The maximum absolute atomic E-state index is 13.2. The number of nitrogens with zero attached hydrogens (tertiary/aromatic N) is 3. The summed E-state index contributed by atoms with van der Waals surface area (Å²) in [4.78, 5) is 24.6. The molecule has 0 radical (unpaired) electrons. The number of Topliss-reactive ketones (excluding diaryl/α,β-unsaturated/α-hetero) is 1. The first-order valence-electron chi connectivity index (χ1n) is 8.41. The molecule has 0 unspecified atom stereocenters. The number of benzene rings is 1. The third-order valence-corrected chi connectivity index (χ3v) is 5.00. The number of nitrogens with two attached hydrogens (primary N) is 1. The van der Waals surface area contributed by atoms with Crippen molar-refractivity contribution in [3.63, 3.8) is 0 Å². The zero-order chi connectivity index (χ0) is 25.7. The molecule has 0 spiro atoms. The molecular formula is C16H15F8N5O3S. The van der Waals surface area contributed by atoms with Crippen LogP contribution in [0.4, 0.5) is 32.6 Å². The summed E-state index contributed by atoms with van der Waals surface area (Å²) >= 11 is 0. The largest absolute Gasteiger partial charge is 0.416 e. The highest BCUT2D eigenvalue weighted by Gasteiger charge is 2.66. The summed E-state index contributed by atoms with van der Waals surface area (Å²) in [5.41, 5.74) is -4.38. The van der Waals surface area contributed by atoms with E-state index in [2.05, 4.69) is 10.1 Å². The second-order valence-corrected chi connectivity index (χ2v) is 9.56. The summed E-state index contributed by atoms with van der Waals surface area (Å²) in [6.07, 6.45) is -4.31. The van der Waals surface area contributed by atoms with Gasteiger partial charge in [-0.1, -0.05) is 19.4 Å². The van der Waals surface area contributed by atoms with Crippen molar-refractivity contribution in [1.82, 2.24) is 20.2 Å². The van der Waals surface area contributed by atoms with Crippen molar-refractivity contribution in [2.75, 3.05) is 0 Å². The van der Waals surface area contributed by atoms with Gasteiger partial charge in [0.15, 0.2) is 5.82 Å². The maximum Gasteiger partial charge on any atom is 0.416 e. The van der Waals surface area contributed by atoms with Gasteiger partial charge in [-0.25, -0.2) is 15.5 Å². The Morgan fingerprint density at radius 1 is 1.12 bits per heavy atom. The van der Waals surface area contributed by atoms with Gasteiger partial charge in [-0.05, 0) is 32.0 Å². The Labute approximate surface area is 179 Å². The van der Waals surface area contributed by atoms with Gasteiger partial charge in [0.05, 0.1) is 5.56 Å². The average Bonchev–Trinajstić information content (AvgIpc) is 3.11. The molecule has 0 atom stereocenters. The lowest BCUT2D eigenvalue weighted by molar-refractivity contribution is -0.137. The summed E-state index contributed by atoms with van der Waals surface area (Å²) in [6, 6.07) is -0.915. The number of hydrazine groups is 1. The minimum atomic E-state index is -10.5. The fourth-order valence-electron chi connectivity index (χ4n) is 2.34. The van der Waals surface area contributed by atoms with Crippen LogP contribution < -0.4 is 11.3 Å². The molecule has 33 heavy (non-hydrogen) atoms. The van der Waals surface area contributed by atoms with Gasteiger partial charge >= 0.3 is 16.4 Å². The van der Waals surface area contributed by atoms with Gasteiger partial charge in [0.25, 0.3) is 5.91 Å². The predicted octanol–water partition coefficient (Wildman–Crippen LogP) is 3.79. The lowest BCUT2D eigenvalue weighted by Gasteiger charge is -2.40. The van der Waals surface area contributed by atoms with Crippen molar-refractivity contribution in [1.29, 1.82) is 0 Å². The van der Waals surface area contributed by atoms with E-state index in [4.69, 9.17) is 5.84 Å². The summed E-state index contributed by atoms with van der Waals surface area (Å²) < 4.78 is 106. The van der Waals surface area contributed by atoms with Crippen molar-refractivity contribution in [2.45, 2.75) is 30.5 Å². The third-order valence-electron chi connectivity index (χ3n) is 3.87. The van der Waals surface area contributed by atoms with Crippen molar-refractivity contribution < 1.29 is 47.3 Å². The molecule has 1 amide bonds. The molecule has 0 aliphatic carbocycles. The SMILES string of the molecule is CC(C)(O)C(=O)/C(=C/C(=O)NN)n1cnc(-c2cc(C(F)(F)F)cc(S(F)(F)(F)(F)F)c2)n1. The quantitative estimate of drug-likeness (QED) is 0.179. The third kappa shape index (κ3) is 6.26. The van der Waals surface area contributed by atoms with Crippen LogP contribution in [0.1, 0.15) is 19.4 Å². The van der Waals surface area contributed by atoms with E-state index in [9.17, 15) is 47.3 Å². The zero-order valence-corrected chi connectivity index (χ0v) is 17.3. The van der Waals surface area contributed by atoms with Gasteiger partial charge in [-0.15, -0.1) is 5.10 Å². The van der Waals surface area contributed by atoms with E-state index in [1.165, 1.54) is 0 Å². The van der Waals surface area contributed by atoms with E-state index >= 15 is 0 Å². The summed E-state index contributed by atoms with van der Waals surface area (Å²) in [6.45, 7) is 2.02. The number of rotatable bonds is 6. The smallest absolute Gasteiger partial charge is 0.382 e. The second-order valence-electron chi connectivity index (χ2n) is 7.15. The molecule has 0 fully saturated rings. The highest BCUT2D eigenvalue weighted by Crippen LogP contribution is 3.02. The van der Waals surface area contributed by atoms with Crippen LogP contribution in [0.3, 0.4) is 0 Å². The zero-order valence-electron chi connectivity index (χ0n) is 16.5. The molecule has 1 aromatic carbocycles. The Balaban J connectivity index is 2.74. The number of aromatic nitrogens is 3. The van der Waals surface area contributed by atoms with E-state index in [1.54, 1.807) is 5.43 Å². The van der Waals surface area contributed by atoms with Crippen LogP contribution in [0.2, 0.25) is 0 Å². The number of hydrogen-bond donors (Lipinski definition) is 3. The van der Waals surface area contributed by atoms with Crippen LogP contribution in [0.15, 0.2) is 35.5 Å². The standard InChI is InChI=1S/C16H15F8N5O3S/c1-15(2,32)13(31)11(6-12(30)27-25)29-7-26-14(28-29)8-3-9(16(17,18)19)5-10(4-8)33(20,21,22,23)24/h3-7,32H,25H2,1-2H3,(H,27,30)/b11-6-. The van der Waals surface area contributed by atoms with E-state index < -0.39 is 67.3 Å². The van der Waals surface area contributed by atoms with Crippen LogP contribution in [0.25, 0.3) is 17.1 Å². The number of carbonyl (C=O) groups is 2. The summed E-state index contributed by atoms with van der Waals surface area (Å²) in [5, 5.41) is 13.4. The number of hydrogen-bond acceptors (Lipinski definition) is 6. The summed E-state index contributed by atoms with van der Waals surface area (Å²) in [7, 11) is -10.5. The van der Waals surface area contributed by atoms with Crippen LogP contribution in [-0.4, -0.2) is 37.2 Å². The number of halogens is 8. The van der Waals surface area contributed by atoms with Gasteiger partial charge in [-0.2, -0.15) is 13.2 Å². The number of alkyl halides is 3. The number of ketones is 1. The van der Waals surface area contributed by atoms with E-state index in [-0.39, 0.29) is 12.1 Å². The van der Waals surface area contributed by atoms with Crippen molar-refractivity contribution >= 4 is 27.6 Å². The molecule has 2 rings (SSSR count). The normalized spacial score (nSPS) is 15.6. The average molecular weight is 509 g/mol. The Kier molecular flexibility index (Phi) is 5.74. The molecule has 4 N–H and O–H groups in total. The highest BCUT2D eigenvalue weighted by molar-refractivity contribution is 8.45. The van der Waals surface area contributed by atoms with E-state index in [0.29, 0.717) is 17.1 Å². The Hall–Kier alpha value is -3.05. The lowest BCUT2D eigenvalue weighted by atomic mass is 10.0. The molecule has 2 aromatic rings. The van der Waals surface area contributed by atoms with Crippen LogP contribution >= 0.6 is 10.2 Å². The topological polar surface area (TPSA) is 123 Å². The monoisotopic (exact) mass is 509 g/mol. The van der Waals surface area contributed by atoms with Crippen molar-refractivity contribution in [3.05, 3.63) is 36.2 Å². The second kappa shape index (κ2) is 7.22. The summed E-state index contributed by atoms with van der Waals surface area (Å²) in [5.74, 6) is 1.71. The molecule has 1 aromatic heterocycles. The highest BCUT2D eigenvalue weighted by atomic mass is 32.5. The van der Waals surface area contributed by atoms with Crippen LogP contribution in [0, 0.1) is 0 Å². The number of amides is 1. The molecule has 8 nitrogen and oxygen atoms in total. The minimum absolute atomic E-state index is 0.0977. The van der Waals surface area contributed by atoms with Gasteiger partial charge in [-0.3, -0.25) is 15.0 Å². The first kappa shape index (κ1) is 26.2. The molecular weight excluding hydrogens is 494 g/mol. The number of carbonyl (C=O) groups excluding carboxylic acids is 2. The molecule has 1 heterocycles. The Morgan fingerprint density at radius 3 is 2.15 bits per heavy atom. The Morgan fingerprint density at radius 2 is 1.70 bits per heavy atom. The van der Waals surface area contributed by atoms with Gasteiger partial charge < -0.3 is 5.11 Å². The fourth-order valence-corrected chi connectivity index (χ4v) is 3.04. The molecule has 0 saturated carbocycles. The molecule has 184 valence electrons. The molecule has 0 aliphatic rings. The van der Waals surface area contributed by atoms with Crippen molar-refractivity contribution in [3.8, 4) is 11.4 Å². The molecule has 0 bridgehead atoms. The van der Waals surface area contributed by atoms with Crippen LogP contribution in [-0.2, 0) is 15.8 Å². The minimum Gasteiger partial charge on any atom is -0.382 e. The van der Waals surface area contributed by atoms with Gasteiger partial charge in [0.1, 0.15) is 22.5 Å². The lowest BCUT2D eigenvalue weighted by Crippen LogP contribution is -2.35. The predicted molar refractivity (Wildman–Crippen MR) is 99.8 cm³/mol. The van der Waals surface area contributed by atoms with Gasteiger partial charge in [0.2, 0.25) is 5.78 Å². The number of aliphatic hydroxyl groups is 1. The first-order chi connectivity index (χ1) is 14.5. The maximum atomic E-state index is 13.2. The molecule has 17 heteroatoms. The van der Waals surface area contributed by atoms with E-state index in [1.807, 2.05) is 0 Å². The molecule has 0 saturated heterocycles. The van der Waals surface area contributed by atoms with Crippen molar-refractivity contribution in [2.24, 2.45) is 5.84 Å². The first-order valence-corrected chi connectivity index (χ1v) is 10.4. The Bertz CT molecular complexity index is 1150. The fraction of sp³-hybridized carbons (Fsp3) is 0.250.